The minimum atomic E-state index is -0.00591. The van der Waals surface area contributed by atoms with Crippen molar-refractivity contribution in [3.63, 3.8) is 0 Å². The number of likely N-dealkylation sites (N-methyl/N-ethyl adjacent to an activating group) is 1. The number of nitrogens with zero attached hydrogens (tertiary/aromatic N) is 1. The normalized spacial score (nSPS) is 15.9. The van der Waals surface area contributed by atoms with Gasteiger partial charge in [0.15, 0.2) is 0 Å². The summed E-state index contributed by atoms with van der Waals surface area (Å²) in [5.41, 5.74) is 3.66. The van der Waals surface area contributed by atoms with E-state index in [2.05, 4.69) is 32.0 Å². The van der Waals surface area contributed by atoms with Crippen LogP contribution in [-0.4, -0.2) is 36.3 Å². The molecule has 1 atom stereocenters. The van der Waals surface area contributed by atoms with Crippen molar-refractivity contribution in [1.29, 1.82) is 0 Å². The number of hydrogen-bond donors (Lipinski definition) is 0. The van der Waals surface area contributed by atoms with Crippen LogP contribution in [0.5, 0.6) is 5.75 Å². The first-order valence-corrected chi connectivity index (χ1v) is 9.11. The Labute approximate surface area is 148 Å². The van der Waals surface area contributed by atoms with Crippen LogP contribution >= 0.6 is 11.8 Å². The quantitative estimate of drug-likeness (QED) is 0.827. The Morgan fingerprint density at radius 1 is 1.21 bits per heavy atom. The lowest BCUT2D eigenvalue weighted by molar-refractivity contribution is -0.129. The van der Waals surface area contributed by atoms with Gasteiger partial charge < -0.3 is 9.64 Å². The average molecular weight is 341 g/mol. The molecule has 0 radical (unpaired) electrons. The van der Waals surface area contributed by atoms with Crippen molar-refractivity contribution in [3.8, 4) is 5.75 Å². The van der Waals surface area contributed by atoms with Crippen LogP contribution in [0.4, 0.5) is 0 Å². The van der Waals surface area contributed by atoms with Crippen LogP contribution in [0.15, 0.2) is 47.4 Å². The van der Waals surface area contributed by atoms with Crippen LogP contribution in [0.3, 0.4) is 0 Å². The number of ether oxygens (including phenoxy) is 1. The van der Waals surface area contributed by atoms with E-state index in [1.54, 1.807) is 16.7 Å². The van der Waals surface area contributed by atoms with E-state index in [0.29, 0.717) is 13.2 Å². The number of fused-ring (bicyclic) bond motifs is 1. The smallest absolute Gasteiger partial charge is 0.236 e. The largest absolute Gasteiger partial charge is 0.492 e. The molecule has 1 aliphatic heterocycles. The van der Waals surface area contributed by atoms with Crippen LogP contribution in [0, 0.1) is 13.8 Å². The molecule has 0 bridgehead atoms. The molecule has 4 heteroatoms. The van der Waals surface area contributed by atoms with Crippen molar-refractivity contribution < 1.29 is 9.53 Å². The minimum Gasteiger partial charge on any atom is -0.492 e. The molecule has 3 rings (SSSR count). The van der Waals surface area contributed by atoms with Crippen LogP contribution < -0.4 is 4.74 Å². The van der Waals surface area contributed by atoms with Gasteiger partial charge in [-0.3, -0.25) is 4.79 Å². The summed E-state index contributed by atoms with van der Waals surface area (Å²) in [4.78, 5) is 15.6. The molecule has 1 heterocycles. The summed E-state index contributed by atoms with van der Waals surface area (Å²) < 4.78 is 5.81. The number of thioether (sulfide) groups is 1. The van der Waals surface area contributed by atoms with E-state index in [-0.39, 0.29) is 11.2 Å². The molecule has 126 valence electrons. The van der Waals surface area contributed by atoms with E-state index in [0.717, 1.165) is 12.2 Å². The third kappa shape index (κ3) is 3.93. The van der Waals surface area contributed by atoms with Crippen LogP contribution in [0.2, 0.25) is 0 Å². The van der Waals surface area contributed by atoms with Gasteiger partial charge in [0.1, 0.15) is 12.4 Å². The molecule has 1 aliphatic rings. The second kappa shape index (κ2) is 7.31. The Balaban J connectivity index is 1.50. The van der Waals surface area contributed by atoms with Gasteiger partial charge >= 0.3 is 0 Å². The van der Waals surface area contributed by atoms with Gasteiger partial charge in [-0.05, 0) is 55.2 Å². The molecule has 24 heavy (non-hydrogen) atoms. The fourth-order valence-electron chi connectivity index (χ4n) is 2.99. The molecule has 0 N–H and O–H groups in total. The predicted molar refractivity (Wildman–Crippen MR) is 98.8 cm³/mol. The number of hydrogen-bond acceptors (Lipinski definition) is 3. The topological polar surface area (TPSA) is 29.5 Å². The summed E-state index contributed by atoms with van der Waals surface area (Å²) >= 11 is 1.67. The Kier molecular flexibility index (Phi) is 5.14. The molecule has 0 saturated carbocycles. The lowest BCUT2D eigenvalue weighted by Gasteiger charge is -2.20. The molecule has 0 saturated heterocycles. The number of aryl methyl sites for hydroxylation is 2. The van der Waals surface area contributed by atoms with Crippen molar-refractivity contribution in [1.82, 2.24) is 4.90 Å². The molecular formula is C20H23NO2S. The minimum absolute atomic E-state index is 0.00591. The summed E-state index contributed by atoms with van der Waals surface area (Å²) in [5, 5.41) is -0.00591. The van der Waals surface area contributed by atoms with Gasteiger partial charge in [-0.1, -0.05) is 24.3 Å². The van der Waals surface area contributed by atoms with Crippen LogP contribution in [0.1, 0.15) is 16.7 Å². The van der Waals surface area contributed by atoms with Crippen molar-refractivity contribution in [2.24, 2.45) is 0 Å². The maximum atomic E-state index is 12.6. The van der Waals surface area contributed by atoms with Crippen LogP contribution in [-0.2, 0) is 11.2 Å². The van der Waals surface area contributed by atoms with Gasteiger partial charge in [0.25, 0.3) is 0 Å². The summed E-state index contributed by atoms with van der Waals surface area (Å²) in [5.74, 6) is 1.05. The highest BCUT2D eigenvalue weighted by Crippen LogP contribution is 2.37. The first-order chi connectivity index (χ1) is 11.5. The molecule has 1 amide bonds. The van der Waals surface area contributed by atoms with E-state index in [9.17, 15) is 4.79 Å². The fraction of sp³-hybridized carbons (Fsp3) is 0.350. The zero-order chi connectivity index (χ0) is 17.1. The van der Waals surface area contributed by atoms with Crippen molar-refractivity contribution in [2.75, 3.05) is 20.2 Å². The standard InChI is InChI=1S/C20H23NO2S/c1-14-10-15(2)12-17(11-14)23-9-8-21(3)20(22)19-13-16-6-4-5-7-18(16)24-19/h4-7,10-12,19H,8-9,13H2,1-3H3. The molecule has 0 fully saturated rings. The van der Waals surface area contributed by atoms with E-state index >= 15 is 0 Å². The Morgan fingerprint density at radius 3 is 2.62 bits per heavy atom. The van der Waals surface area contributed by atoms with Gasteiger partial charge in [-0.15, -0.1) is 11.8 Å². The third-order valence-corrected chi connectivity index (χ3v) is 5.49. The highest BCUT2D eigenvalue weighted by atomic mass is 32.2. The van der Waals surface area contributed by atoms with Crippen molar-refractivity contribution in [2.45, 2.75) is 30.4 Å². The SMILES string of the molecule is Cc1cc(C)cc(OCCN(C)C(=O)C2Cc3ccccc3S2)c1. The predicted octanol–water partition coefficient (Wildman–Crippen LogP) is 3.86. The monoisotopic (exact) mass is 341 g/mol. The first-order valence-electron chi connectivity index (χ1n) is 8.23. The summed E-state index contributed by atoms with van der Waals surface area (Å²) in [6.45, 7) is 5.23. The maximum Gasteiger partial charge on any atom is 0.236 e. The van der Waals surface area contributed by atoms with E-state index in [4.69, 9.17) is 4.74 Å². The van der Waals surface area contributed by atoms with Gasteiger partial charge in [-0.25, -0.2) is 0 Å². The van der Waals surface area contributed by atoms with E-state index < -0.39 is 0 Å². The van der Waals surface area contributed by atoms with Gasteiger partial charge in [-0.2, -0.15) is 0 Å². The van der Waals surface area contributed by atoms with Crippen molar-refractivity contribution >= 4 is 17.7 Å². The highest BCUT2D eigenvalue weighted by molar-refractivity contribution is 8.01. The number of benzene rings is 2. The summed E-state index contributed by atoms with van der Waals surface area (Å²) in [7, 11) is 1.86. The Hall–Kier alpha value is -1.94. The fourth-order valence-corrected chi connectivity index (χ4v) is 4.30. The maximum absolute atomic E-state index is 12.6. The zero-order valence-electron chi connectivity index (χ0n) is 14.4. The van der Waals surface area contributed by atoms with E-state index in [1.165, 1.54) is 21.6 Å². The highest BCUT2D eigenvalue weighted by Gasteiger charge is 2.29. The van der Waals surface area contributed by atoms with Crippen molar-refractivity contribution in [3.05, 3.63) is 59.2 Å². The summed E-state index contributed by atoms with van der Waals surface area (Å²) in [6, 6.07) is 14.4. The molecule has 2 aromatic carbocycles. The zero-order valence-corrected chi connectivity index (χ0v) is 15.2. The molecule has 0 spiro atoms. The average Bonchev–Trinajstić information content (AvgIpc) is 2.97. The molecule has 2 aromatic rings. The molecule has 0 aliphatic carbocycles. The first kappa shape index (κ1) is 16.9. The second-order valence-corrected chi connectivity index (χ2v) is 7.59. The van der Waals surface area contributed by atoms with Gasteiger partial charge in [0.2, 0.25) is 5.91 Å². The third-order valence-electron chi connectivity index (χ3n) is 4.19. The van der Waals surface area contributed by atoms with Crippen LogP contribution in [0.25, 0.3) is 0 Å². The number of carbonyl (C=O) groups excluding carboxylic acids is 1. The number of rotatable bonds is 5. The van der Waals surface area contributed by atoms with Gasteiger partial charge in [0.05, 0.1) is 11.8 Å². The van der Waals surface area contributed by atoms with E-state index in [1.807, 2.05) is 31.3 Å². The molecule has 0 aromatic heterocycles. The number of carbonyl (C=O) groups is 1. The second-order valence-electron chi connectivity index (χ2n) is 6.35. The summed E-state index contributed by atoms with van der Waals surface area (Å²) in [6.07, 6.45) is 0.821. The molecule has 3 nitrogen and oxygen atoms in total. The number of amides is 1. The molecule has 1 unspecified atom stereocenters. The molecular weight excluding hydrogens is 318 g/mol. The lowest BCUT2D eigenvalue weighted by Crippen LogP contribution is -2.37. The lowest BCUT2D eigenvalue weighted by atomic mass is 10.1. The Bertz CT molecular complexity index is 699. The van der Waals surface area contributed by atoms with Gasteiger partial charge in [0, 0.05) is 11.9 Å². The Morgan fingerprint density at radius 2 is 1.92 bits per heavy atom.